The van der Waals surface area contributed by atoms with E-state index in [1.807, 2.05) is 13.0 Å². The quantitative estimate of drug-likeness (QED) is 0.788. The molecule has 4 nitrogen and oxygen atoms in total. The lowest BCUT2D eigenvalue weighted by atomic mass is 10.1. The van der Waals surface area contributed by atoms with Crippen molar-refractivity contribution in [1.29, 1.82) is 0 Å². The lowest BCUT2D eigenvalue weighted by Crippen LogP contribution is -2.32. The van der Waals surface area contributed by atoms with Crippen LogP contribution in [0, 0.1) is 13.8 Å². The van der Waals surface area contributed by atoms with Gasteiger partial charge in [0, 0.05) is 6.92 Å². The van der Waals surface area contributed by atoms with E-state index in [1.54, 1.807) is 0 Å². The number of hydrogen-bond donors (Lipinski definition) is 2. The van der Waals surface area contributed by atoms with Crippen LogP contribution in [0.2, 0.25) is 0 Å². The summed E-state index contributed by atoms with van der Waals surface area (Å²) in [5, 5.41) is 6.41. The Kier molecular flexibility index (Phi) is 3.58. The number of amides is 1. The van der Waals surface area contributed by atoms with Gasteiger partial charge in [0.2, 0.25) is 5.91 Å². The zero-order chi connectivity index (χ0) is 13.3. The number of thiazole rings is 1. The van der Waals surface area contributed by atoms with Crippen LogP contribution in [-0.2, 0) is 4.79 Å². The minimum atomic E-state index is -0.194. The van der Waals surface area contributed by atoms with Gasteiger partial charge in [0.05, 0.1) is 10.2 Å². The molecule has 1 heterocycles. The third kappa shape index (κ3) is 2.65. The third-order valence-electron chi connectivity index (χ3n) is 2.45. The highest BCUT2D eigenvalue weighted by Crippen LogP contribution is 2.30. The molecule has 0 aliphatic heterocycles. The molecule has 2 rings (SSSR count). The van der Waals surface area contributed by atoms with E-state index >= 15 is 0 Å². The molecule has 94 valence electrons. The Hall–Kier alpha value is -1.53. The highest BCUT2D eigenvalue weighted by Gasteiger charge is 2.09. The topological polar surface area (TPSA) is 54.0 Å². The van der Waals surface area contributed by atoms with Gasteiger partial charge in [0.25, 0.3) is 0 Å². The van der Waals surface area contributed by atoms with Crippen molar-refractivity contribution in [1.82, 2.24) is 10.3 Å². The van der Waals surface area contributed by atoms with Gasteiger partial charge in [-0.1, -0.05) is 23.5 Å². The maximum atomic E-state index is 10.9. The van der Waals surface area contributed by atoms with Gasteiger partial charge in [-0.2, -0.15) is 0 Å². The Morgan fingerprint density at radius 2 is 2.00 bits per heavy atom. The lowest BCUT2D eigenvalue weighted by Gasteiger charge is -2.03. The summed E-state index contributed by atoms with van der Waals surface area (Å²) >= 11 is 6.54. The van der Waals surface area contributed by atoms with Crippen molar-refractivity contribution in [2.45, 2.75) is 20.8 Å². The average Bonchev–Trinajstić information content (AvgIpc) is 2.67. The van der Waals surface area contributed by atoms with Crippen molar-refractivity contribution >= 4 is 49.9 Å². The standard InChI is InChI=1S/C12H13N3OS2/c1-6-4-5-7(2)10-9(6)14-12(18-10)15-11(17)13-8(3)16/h4-5H,1-3H3,(H2,13,14,15,16,17). The molecule has 0 spiro atoms. The van der Waals surface area contributed by atoms with Gasteiger partial charge in [-0.3, -0.25) is 4.79 Å². The monoisotopic (exact) mass is 279 g/mol. The van der Waals surface area contributed by atoms with Gasteiger partial charge >= 0.3 is 0 Å². The fraction of sp³-hybridized carbons (Fsp3) is 0.250. The van der Waals surface area contributed by atoms with E-state index in [1.165, 1.54) is 23.8 Å². The summed E-state index contributed by atoms with van der Waals surface area (Å²) in [6, 6.07) is 4.12. The normalized spacial score (nSPS) is 10.4. The van der Waals surface area contributed by atoms with E-state index in [9.17, 15) is 4.79 Å². The Labute approximate surface area is 114 Å². The summed E-state index contributed by atoms with van der Waals surface area (Å²) in [5.74, 6) is -0.194. The van der Waals surface area contributed by atoms with Crippen molar-refractivity contribution in [2.24, 2.45) is 0 Å². The number of carbonyl (C=O) groups excluding carboxylic acids is 1. The fourth-order valence-electron chi connectivity index (χ4n) is 1.60. The summed E-state index contributed by atoms with van der Waals surface area (Å²) in [4.78, 5) is 15.4. The molecular formula is C12H13N3OS2. The number of thiocarbonyl (C=S) groups is 1. The largest absolute Gasteiger partial charge is 0.308 e. The molecule has 0 saturated carbocycles. The molecule has 0 bridgehead atoms. The summed E-state index contributed by atoms with van der Waals surface area (Å²) in [7, 11) is 0. The van der Waals surface area contributed by atoms with Crippen LogP contribution in [0.25, 0.3) is 10.2 Å². The summed E-state index contributed by atoms with van der Waals surface area (Å²) < 4.78 is 1.14. The molecule has 2 aromatic rings. The highest BCUT2D eigenvalue weighted by atomic mass is 32.1. The van der Waals surface area contributed by atoms with E-state index in [0.717, 1.165) is 15.8 Å². The predicted octanol–water partition coefficient (Wildman–Crippen LogP) is 2.75. The molecule has 0 saturated heterocycles. The third-order valence-corrected chi connectivity index (χ3v) is 3.76. The van der Waals surface area contributed by atoms with Gasteiger partial charge in [-0.05, 0) is 37.2 Å². The first-order valence-electron chi connectivity index (χ1n) is 5.42. The molecule has 0 aliphatic rings. The second-order valence-electron chi connectivity index (χ2n) is 4.03. The molecule has 0 radical (unpaired) electrons. The molecule has 1 aromatic carbocycles. The second-order valence-corrected chi connectivity index (χ2v) is 5.44. The number of aromatic nitrogens is 1. The molecule has 0 aliphatic carbocycles. The van der Waals surface area contributed by atoms with Crippen LogP contribution in [0.1, 0.15) is 18.1 Å². The number of benzene rings is 1. The van der Waals surface area contributed by atoms with Crippen molar-refractivity contribution in [3.05, 3.63) is 23.3 Å². The van der Waals surface area contributed by atoms with Crippen molar-refractivity contribution in [2.75, 3.05) is 5.32 Å². The number of nitrogens with one attached hydrogen (secondary N) is 2. The number of aryl methyl sites for hydroxylation is 2. The SMILES string of the molecule is CC(=O)NC(=S)Nc1nc2c(C)ccc(C)c2s1. The van der Waals surface area contributed by atoms with E-state index in [0.29, 0.717) is 5.13 Å². The predicted molar refractivity (Wildman–Crippen MR) is 79.1 cm³/mol. The van der Waals surface area contributed by atoms with Crippen LogP contribution < -0.4 is 10.6 Å². The van der Waals surface area contributed by atoms with E-state index < -0.39 is 0 Å². The number of anilines is 1. The van der Waals surface area contributed by atoms with Crippen molar-refractivity contribution in [3.8, 4) is 0 Å². The first-order chi connectivity index (χ1) is 8.47. The molecule has 1 amide bonds. The smallest absolute Gasteiger partial charge is 0.222 e. The average molecular weight is 279 g/mol. The fourth-order valence-corrected chi connectivity index (χ4v) is 2.92. The number of fused-ring (bicyclic) bond motifs is 1. The molecule has 0 fully saturated rings. The number of rotatable bonds is 1. The minimum absolute atomic E-state index is 0.194. The molecular weight excluding hydrogens is 266 g/mol. The molecule has 1 aromatic heterocycles. The van der Waals surface area contributed by atoms with Gasteiger partial charge in [-0.25, -0.2) is 4.98 Å². The number of hydrogen-bond acceptors (Lipinski definition) is 4. The summed E-state index contributed by atoms with van der Waals surface area (Å²) in [5.41, 5.74) is 3.30. The number of nitrogens with zero attached hydrogens (tertiary/aromatic N) is 1. The first-order valence-corrected chi connectivity index (χ1v) is 6.65. The van der Waals surface area contributed by atoms with Crippen molar-refractivity contribution < 1.29 is 4.79 Å². The Morgan fingerprint density at radius 1 is 1.33 bits per heavy atom. The number of carbonyl (C=O) groups is 1. The van der Waals surface area contributed by atoms with Crippen LogP contribution in [0.3, 0.4) is 0 Å². The Bertz CT molecular complexity index is 595. The molecule has 0 atom stereocenters. The Morgan fingerprint density at radius 3 is 2.61 bits per heavy atom. The van der Waals surface area contributed by atoms with Crippen LogP contribution in [-0.4, -0.2) is 16.0 Å². The van der Waals surface area contributed by atoms with E-state index in [4.69, 9.17) is 12.2 Å². The maximum absolute atomic E-state index is 10.9. The van der Waals surface area contributed by atoms with Gasteiger partial charge in [-0.15, -0.1) is 0 Å². The molecule has 2 N–H and O–H groups in total. The van der Waals surface area contributed by atoms with Gasteiger partial charge in [0.1, 0.15) is 0 Å². The van der Waals surface area contributed by atoms with Crippen LogP contribution in [0.5, 0.6) is 0 Å². The van der Waals surface area contributed by atoms with Crippen molar-refractivity contribution in [3.63, 3.8) is 0 Å². The first kappa shape index (κ1) is 12.9. The van der Waals surface area contributed by atoms with E-state index in [2.05, 4.69) is 28.6 Å². The highest BCUT2D eigenvalue weighted by molar-refractivity contribution is 7.80. The van der Waals surface area contributed by atoms with Gasteiger partial charge < -0.3 is 10.6 Å². The Balaban J connectivity index is 2.31. The molecule has 6 heteroatoms. The summed E-state index contributed by atoms with van der Waals surface area (Å²) in [6.45, 7) is 5.49. The van der Waals surface area contributed by atoms with Gasteiger partial charge in [0.15, 0.2) is 10.2 Å². The van der Waals surface area contributed by atoms with E-state index in [-0.39, 0.29) is 11.0 Å². The maximum Gasteiger partial charge on any atom is 0.222 e. The molecule has 0 unspecified atom stereocenters. The second kappa shape index (κ2) is 4.99. The minimum Gasteiger partial charge on any atom is -0.308 e. The van der Waals surface area contributed by atoms with Crippen LogP contribution >= 0.6 is 23.6 Å². The van der Waals surface area contributed by atoms with Crippen LogP contribution in [0.15, 0.2) is 12.1 Å². The molecule has 18 heavy (non-hydrogen) atoms. The lowest BCUT2D eigenvalue weighted by molar-refractivity contribution is -0.117. The summed E-state index contributed by atoms with van der Waals surface area (Å²) in [6.07, 6.45) is 0. The van der Waals surface area contributed by atoms with Crippen LogP contribution in [0.4, 0.5) is 5.13 Å². The zero-order valence-electron chi connectivity index (χ0n) is 10.3. The zero-order valence-corrected chi connectivity index (χ0v) is 12.0.